The highest BCUT2D eigenvalue weighted by Crippen LogP contribution is 2.34. The van der Waals surface area contributed by atoms with Gasteiger partial charge in [-0.2, -0.15) is 10.4 Å². The quantitative estimate of drug-likeness (QED) is 0.522. The van der Waals surface area contributed by atoms with Crippen LogP contribution in [0.1, 0.15) is 49.8 Å². The van der Waals surface area contributed by atoms with Gasteiger partial charge in [-0.1, -0.05) is 13.8 Å². The number of oxazole rings is 1. The summed E-state index contributed by atoms with van der Waals surface area (Å²) in [6, 6.07) is 5.32. The maximum Gasteiger partial charge on any atom is 0.252 e. The topological polar surface area (TPSA) is 104 Å². The lowest BCUT2D eigenvalue weighted by atomic mass is 10.0. The van der Waals surface area contributed by atoms with E-state index in [0.717, 1.165) is 12.8 Å². The van der Waals surface area contributed by atoms with Crippen LogP contribution in [-0.4, -0.2) is 23.4 Å². The standard InChI is InChI=1S/C17H19BrN4O3/c1-4-11(5-2)16-21-13(8-19)17(25-16)22-20-9-10-6-12(18)15(23)14(7-10)24-3/h6-7,9,11,22-23H,4-5H2,1-3H3. The second-order valence-corrected chi connectivity index (χ2v) is 6.13. The molecule has 132 valence electrons. The first-order chi connectivity index (χ1) is 12.0. The number of nitriles is 1. The van der Waals surface area contributed by atoms with Crippen LogP contribution < -0.4 is 10.2 Å². The van der Waals surface area contributed by atoms with Gasteiger partial charge in [0.15, 0.2) is 11.5 Å². The summed E-state index contributed by atoms with van der Waals surface area (Å²) in [5, 5.41) is 23.1. The van der Waals surface area contributed by atoms with E-state index >= 15 is 0 Å². The van der Waals surface area contributed by atoms with Crippen LogP contribution in [0.5, 0.6) is 11.5 Å². The number of phenols is 1. The number of benzene rings is 1. The van der Waals surface area contributed by atoms with Crippen molar-refractivity contribution in [3.8, 4) is 17.6 Å². The third-order valence-electron chi connectivity index (χ3n) is 3.73. The van der Waals surface area contributed by atoms with Crippen LogP contribution in [0.15, 0.2) is 26.1 Å². The van der Waals surface area contributed by atoms with Gasteiger partial charge in [0.2, 0.25) is 11.6 Å². The van der Waals surface area contributed by atoms with E-state index in [-0.39, 0.29) is 23.2 Å². The number of nitrogens with one attached hydrogen (secondary N) is 1. The molecule has 0 aliphatic carbocycles. The summed E-state index contributed by atoms with van der Waals surface area (Å²) in [5.74, 6) is 1.26. The third-order valence-corrected chi connectivity index (χ3v) is 4.34. The molecule has 0 saturated carbocycles. The number of hydrogen-bond acceptors (Lipinski definition) is 7. The number of methoxy groups -OCH3 is 1. The molecule has 0 aliphatic heterocycles. The van der Waals surface area contributed by atoms with Gasteiger partial charge >= 0.3 is 0 Å². The minimum atomic E-state index is 0.0180. The smallest absolute Gasteiger partial charge is 0.252 e. The first-order valence-corrected chi connectivity index (χ1v) is 8.59. The normalized spacial score (nSPS) is 11.0. The predicted molar refractivity (Wildman–Crippen MR) is 98.1 cm³/mol. The van der Waals surface area contributed by atoms with Crippen molar-refractivity contribution in [2.75, 3.05) is 12.5 Å². The number of aromatic hydroxyl groups is 1. The molecule has 0 unspecified atom stereocenters. The number of hydrogen-bond donors (Lipinski definition) is 2. The molecule has 0 fully saturated rings. The molecule has 0 aliphatic rings. The second kappa shape index (κ2) is 8.53. The molecule has 0 saturated heterocycles. The molecule has 0 atom stereocenters. The minimum absolute atomic E-state index is 0.0180. The summed E-state index contributed by atoms with van der Waals surface area (Å²) in [6.45, 7) is 4.09. The summed E-state index contributed by atoms with van der Waals surface area (Å²) < 4.78 is 11.2. The Morgan fingerprint density at radius 2 is 2.20 bits per heavy atom. The predicted octanol–water partition coefficient (Wildman–Crippen LogP) is 4.37. The number of ether oxygens (including phenoxy) is 1. The van der Waals surface area contributed by atoms with Crippen molar-refractivity contribution in [2.45, 2.75) is 32.6 Å². The Balaban J connectivity index is 2.20. The summed E-state index contributed by atoms with van der Waals surface area (Å²) in [6.07, 6.45) is 3.28. The molecule has 1 aromatic carbocycles. The van der Waals surface area contributed by atoms with Gasteiger partial charge in [0.1, 0.15) is 6.07 Å². The van der Waals surface area contributed by atoms with Crippen molar-refractivity contribution in [3.63, 3.8) is 0 Å². The Morgan fingerprint density at radius 3 is 2.80 bits per heavy atom. The van der Waals surface area contributed by atoms with E-state index in [2.05, 4.69) is 31.4 Å². The van der Waals surface area contributed by atoms with E-state index in [4.69, 9.17) is 9.15 Å². The average Bonchev–Trinajstić information content (AvgIpc) is 3.02. The van der Waals surface area contributed by atoms with E-state index in [9.17, 15) is 10.4 Å². The molecule has 1 aromatic heterocycles. The van der Waals surface area contributed by atoms with Crippen molar-refractivity contribution in [1.82, 2.24) is 4.98 Å². The van der Waals surface area contributed by atoms with Crippen molar-refractivity contribution >= 4 is 28.0 Å². The Hall–Kier alpha value is -2.53. The first kappa shape index (κ1) is 18.8. The first-order valence-electron chi connectivity index (χ1n) is 7.80. The molecule has 2 aromatic rings. The molecule has 25 heavy (non-hydrogen) atoms. The Kier molecular flexibility index (Phi) is 6.42. The Bertz CT molecular complexity index is 807. The van der Waals surface area contributed by atoms with Gasteiger partial charge in [0.25, 0.3) is 5.88 Å². The molecule has 0 bridgehead atoms. The highest BCUT2D eigenvalue weighted by Gasteiger charge is 2.18. The zero-order valence-corrected chi connectivity index (χ0v) is 15.8. The van der Waals surface area contributed by atoms with Gasteiger partial charge in [-0.05, 0) is 46.5 Å². The van der Waals surface area contributed by atoms with Crippen molar-refractivity contribution in [3.05, 3.63) is 33.8 Å². The fourth-order valence-electron chi connectivity index (χ4n) is 2.29. The maximum atomic E-state index is 9.80. The van der Waals surface area contributed by atoms with E-state index in [0.29, 0.717) is 21.7 Å². The van der Waals surface area contributed by atoms with Crippen LogP contribution in [0.4, 0.5) is 5.88 Å². The van der Waals surface area contributed by atoms with Gasteiger partial charge in [0, 0.05) is 5.92 Å². The van der Waals surface area contributed by atoms with Crippen LogP contribution in [0.25, 0.3) is 0 Å². The molecule has 1 heterocycles. The van der Waals surface area contributed by atoms with E-state index in [1.54, 1.807) is 12.1 Å². The number of nitrogens with zero attached hydrogens (tertiary/aromatic N) is 3. The molecule has 7 nitrogen and oxygen atoms in total. The monoisotopic (exact) mass is 406 g/mol. The zero-order valence-electron chi connectivity index (χ0n) is 14.2. The van der Waals surface area contributed by atoms with Crippen LogP contribution >= 0.6 is 15.9 Å². The maximum absolute atomic E-state index is 9.80. The van der Waals surface area contributed by atoms with Crippen molar-refractivity contribution in [2.24, 2.45) is 5.10 Å². The number of aromatic nitrogens is 1. The molecule has 0 amide bonds. The van der Waals surface area contributed by atoms with Gasteiger partial charge < -0.3 is 14.3 Å². The molecular weight excluding hydrogens is 388 g/mol. The summed E-state index contributed by atoms with van der Waals surface area (Å²) in [5.41, 5.74) is 3.56. The number of phenolic OH excluding ortho intramolecular Hbond substituents is 1. The lowest BCUT2D eigenvalue weighted by Gasteiger charge is -2.06. The average molecular weight is 407 g/mol. The van der Waals surface area contributed by atoms with E-state index in [1.807, 2.05) is 19.9 Å². The Morgan fingerprint density at radius 1 is 1.48 bits per heavy atom. The van der Waals surface area contributed by atoms with Gasteiger partial charge in [-0.25, -0.2) is 10.4 Å². The van der Waals surface area contributed by atoms with Gasteiger partial charge in [-0.3, -0.25) is 0 Å². The highest BCUT2D eigenvalue weighted by molar-refractivity contribution is 9.10. The van der Waals surface area contributed by atoms with Crippen LogP contribution in [0.3, 0.4) is 0 Å². The molecule has 0 spiro atoms. The van der Waals surface area contributed by atoms with Crippen LogP contribution in [0.2, 0.25) is 0 Å². The fourth-order valence-corrected chi connectivity index (χ4v) is 2.75. The number of rotatable bonds is 7. The molecule has 2 rings (SSSR count). The second-order valence-electron chi connectivity index (χ2n) is 5.28. The number of hydrazone groups is 1. The lowest BCUT2D eigenvalue weighted by Crippen LogP contribution is -1.95. The van der Waals surface area contributed by atoms with Crippen LogP contribution in [0, 0.1) is 11.3 Å². The van der Waals surface area contributed by atoms with E-state index in [1.165, 1.54) is 13.3 Å². The minimum Gasteiger partial charge on any atom is -0.503 e. The van der Waals surface area contributed by atoms with Crippen molar-refractivity contribution < 1.29 is 14.3 Å². The van der Waals surface area contributed by atoms with Gasteiger partial charge in [0.05, 0.1) is 17.8 Å². The Labute approximate surface area is 154 Å². The molecule has 2 N–H and O–H groups in total. The van der Waals surface area contributed by atoms with Gasteiger partial charge in [-0.15, -0.1) is 0 Å². The fraction of sp³-hybridized carbons (Fsp3) is 0.353. The summed E-state index contributed by atoms with van der Waals surface area (Å²) >= 11 is 3.25. The SMILES string of the molecule is CCC(CC)c1nc(C#N)c(NN=Cc2cc(Br)c(O)c(OC)c2)o1. The highest BCUT2D eigenvalue weighted by atomic mass is 79.9. The molecule has 0 radical (unpaired) electrons. The summed E-state index contributed by atoms with van der Waals surface area (Å²) in [4.78, 5) is 4.22. The summed E-state index contributed by atoms with van der Waals surface area (Å²) in [7, 11) is 1.47. The molecule has 8 heteroatoms. The van der Waals surface area contributed by atoms with Crippen LogP contribution in [-0.2, 0) is 0 Å². The van der Waals surface area contributed by atoms with E-state index < -0.39 is 0 Å². The van der Waals surface area contributed by atoms with Crippen molar-refractivity contribution in [1.29, 1.82) is 5.26 Å². The number of anilines is 1. The largest absolute Gasteiger partial charge is 0.503 e. The third kappa shape index (κ3) is 4.31. The lowest BCUT2D eigenvalue weighted by molar-refractivity contribution is 0.372. The zero-order chi connectivity index (χ0) is 18.4. The molecular formula is C17H19BrN4O3. The number of halogens is 1.